The zero-order valence-corrected chi connectivity index (χ0v) is 15.7. The molecule has 25 heavy (non-hydrogen) atoms. The molecule has 6 nitrogen and oxygen atoms in total. The summed E-state index contributed by atoms with van der Waals surface area (Å²) in [5, 5.41) is 12.6. The van der Waals surface area contributed by atoms with Gasteiger partial charge in [0.2, 0.25) is 11.9 Å². The Bertz CT molecular complexity index is 659. The third-order valence-corrected chi connectivity index (χ3v) is 5.50. The number of nitrogens with zero attached hydrogens (tertiary/aromatic N) is 4. The summed E-state index contributed by atoms with van der Waals surface area (Å²) in [7, 11) is 0. The molecule has 2 heterocycles. The lowest BCUT2D eigenvalue weighted by Gasteiger charge is -2.16. The highest BCUT2D eigenvalue weighted by atomic mass is 32.2. The van der Waals surface area contributed by atoms with Crippen molar-refractivity contribution in [1.29, 1.82) is 0 Å². The minimum Gasteiger partial charge on any atom is -0.353 e. The number of aromatic nitrogens is 4. The zero-order chi connectivity index (χ0) is 17.5. The van der Waals surface area contributed by atoms with Crippen LogP contribution in [0.1, 0.15) is 51.9 Å². The summed E-state index contributed by atoms with van der Waals surface area (Å²) in [6.45, 7) is 2.97. The second-order valence-electron chi connectivity index (χ2n) is 6.57. The van der Waals surface area contributed by atoms with Crippen LogP contribution in [0.15, 0.2) is 29.7 Å². The predicted molar refractivity (Wildman–Crippen MR) is 100.0 cm³/mol. The van der Waals surface area contributed by atoms with Crippen LogP contribution in [-0.4, -0.2) is 37.0 Å². The van der Waals surface area contributed by atoms with Gasteiger partial charge in [0.25, 0.3) is 0 Å². The molecule has 3 rings (SSSR count). The molecule has 0 saturated heterocycles. The molecular weight excluding hydrogens is 334 g/mol. The molecule has 2 aromatic heterocycles. The van der Waals surface area contributed by atoms with E-state index in [4.69, 9.17) is 0 Å². The van der Waals surface area contributed by atoms with Gasteiger partial charge < -0.3 is 5.32 Å². The maximum atomic E-state index is 12.3. The number of hydrogen-bond donors (Lipinski definition) is 1. The molecule has 2 aromatic rings. The van der Waals surface area contributed by atoms with Crippen molar-refractivity contribution in [2.24, 2.45) is 0 Å². The first-order chi connectivity index (χ1) is 12.3. The zero-order valence-electron chi connectivity index (χ0n) is 14.9. The number of carbonyl (C=O) groups excluding carboxylic acids is 1. The topological polar surface area (TPSA) is 64.7 Å². The lowest BCUT2D eigenvalue weighted by atomic mass is 10.1. The van der Waals surface area contributed by atoms with Gasteiger partial charge in [-0.05, 0) is 31.4 Å². The highest BCUT2D eigenvalue weighted by Gasteiger charge is 2.17. The van der Waals surface area contributed by atoms with Gasteiger partial charge in [-0.25, -0.2) is 0 Å². The number of amides is 1. The van der Waals surface area contributed by atoms with Crippen LogP contribution < -0.4 is 5.32 Å². The molecule has 0 bridgehead atoms. The first kappa shape index (κ1) is 18.0. The van der Waals surface area contributed by atoms with Crippen LogP contribution in [0.25, 0.3) is 5.95 Å². The molecule has 0 aliphatic heterocycles. The normalized spacial score (nSPS) is 15.9. The second kappa shape index (κ2) is 9.08. The third kappa shape index (κ3) is 4.87. The van der Waals surface area contributed by atoms with E-state index >= 15 is 0 Å². The average molecular weight is 362 g/mol. The summed E-state index contributed by atoms with van der Waals surface area (Å²) in [4.78, 5) is 12.3. The van der Waals surface area contributed by atoms with E-state index in [9.17, 15) is 4.79 Å². The molecule has 1 aliphatic rings. The molecule has 1 saturated carbocycles. The van der Waals surface area contributed by atoms with Crippen molar-refractivity contribution in [3.05, 3.63) is 24.5 Å². The fourth-order valence-electron chi connectivity index (χ4n) is 3.29. The fraction of sp³-hybridized carbons (Fsp3) is 0.611. The van der Waals surface area contributed by atoms with Crippen molar-refractivity contribution in [2.45, 2.75) is 69.6 Å². The van der Waals surface area contributed by atoms with Gasteiger partial charge >= 0.3 is 0 Å². The summed E-state index contributed by atoms with van der Waals surface area (Å²) in [6.07, 6.45) is 12.2. The van der Waals surface area contributed by atoms with Crippen LogP contribution in [0.5, 0.6) is 0 Å². The molecule has 0 spiro atoms. The number of rotatable bonds is 7. The third-order valence-electron chi connectivity index (χ3n) is 4.53. The molecule has 0 aromatic carbocycles. The van der Waals surface area contributed by atoms with Crippen LogP contribution in [0.2, 0.25) is 0 Å². The molecule has 0 radical (unpaired) electrons. The Kier molecular flexibility index (Phi) is 6.55. The number of nitrogens with one attached hydrogen (secondary N) is 1. The van der Waals surface area contributed by atoms with E-state index in [1.54, 1.807) is 0 Å². The fourth-order valence-corrected chi connectivity index (χ4v) is 4.06. The van der Waals surface area contributed by atoms with Crippen molar-refractivity contribution in [2.75, 3.05) is 5.75 Å². The Balaban J connectivity index is 1.59. The summed E-state index contributed by atoms with van der Waals surface area (Å²) in [6, 6.07) is 4.29. The Labute approximate surface area is 153 Å². The predicted octanol–water partition coefficient (Wildman–Crippen LogP) is 3.41. The van der Waals surface area contributed by atoms with Gasteiger partial charge in [0.05, 0.1) is 5.75 Å². The van der Waals surface area contributed by atoms with E-state index in [2.05, 4.69) is 27.0 Å². The van der Waals surface area contributed by atoms with E-state index in [1.807, 2.05) is 29.1 Å². The molecule has 1 fully saturated rings. The minimum absolute atomic E-state index is 0.102. The minimum atomic E-state index is 0.102. The van der Waals surface area contributed by atoms with E-state index in [0.717, 1.165) is 36.9 Å². The van der Waals surface area contributed by atoms with Crippen molar-refractivity contribution >= 4 is 17.7 Å². The highest BCUT2D eigenvalue weighted by Crippen LogP contribution is 2.21. The Morgan fingerprint density at radius 1 is 1.20 bits per heavy atom. The summed E-state index contributed by atoms with van der Waals surface area (Å²) < 4.78 is 4.04. The molecule has 1 aliphatic carbocycles. The Morgan fingerprint density at radius 2 is 1.92 bits per heavy atom. The van der Waals surface area contributed by atoms with Crippen molar-refractivity contribution < 1.29 is 4.79 Å². The number of thioether (sulfide) groups is 1. The van der Waals surface area contributed by atoms with Crippen LogP contribution in [-0.2, 0) is 11.3 Å². The summed E-state index contributed by atoms with van der Waals surface area (Å²) >= 11 is 1.47. The summed E-state index contributed by atoms with van der Waals surface area (Å²) in [5.74, 6) is 1.30. The van der Waals surface area contributed by atoms with E-state index in [1.165, 1.54) is 37.4 Å². The van der Waals surface area contributed by atoms with Crippen molar-refractivity contribution in [3.63, 3.8) is 0 Å². The molecule has 7 heteroatoms. The van der Waals surface area contributed by atoms with Crippen LogP contribution in [0.3, 0.4) is 0 Å². The standard InChI is InChI=1S/C18H27N5OS/c1-2-11-23-17(22-12-7-8-13-22)20-21-18(23)25-14-16(24)19-15-9-5-3-4-6-10-15/h7-8,12-13,15H,2-6,9-11,14H2,1H3,(H,19,24). The molecule has 0 atom stereocenters. The maximum absolute atomic E-state index is 12.3. The molecule has 0 unspecified atom stereocenters. The van der Waals surface area contributed by atoms with Gasteiger partial charge in [0.1, 0.15) is 0 Å². The van der Waals surface area contributed by atoms with Crippen molar-refractivity contribution in [1.82, 2.24) is 24.6 Å². The average Bonchev–Trinajstić information content (AvgIpc) is 3.19. The monoisotopic (exact) mass is 361 g/mol. The first-order valence-electron chi connectivity index (χ1n) is 9.26. The second-order valence-corrected chi connectivity index (χ2v) is 7.51. The van der Waals surface area contributed by atoms with Crippen LogP contribution >= 0.6 is 11.8 Å². The maximum Gasteiger partial charge on any atom is 0.236 e. The van der Waals surface area contributed by atoms with Gasteiger partial charge in [-0.15, -0.1) is 10.2 Å². The lowest BCUT2D eigenvalue weighted by molar-refractivity contribution is -0.119. The first-order valence-corrected chi connectivity index (χ1v) is 10.2. The van der Waals surface area contributed by atoms with Crippen molar-refractivity contribution in [3.8, 4) is 5.95 Å². The molecule has 1 N–H and O–H groups in total. The van der Waals surface area contributed by atoms with E-state index < -0.39 is 0 Å². The van der Waals surface area contributed by atoms with Crippen LogP contribution in [0, 0.1) is 0 Å². The Morgan fingerprint density at radius 3 is 2.60 bits per heavy atom. The number of hydrogen-bond acceptors (Lipinski definition) is 4. The van der Waals surface area contributed by atoms with Gasteiger partial charge in [-0.3, -0.25) is 13.9 Å². The highest BCUT2D eigenvalue weighted by molar-refractivity contribution is 7.99. The van der Waals surface area contributed by atoms with Crippen LogP contribution in [0.4, 0.5) is 0 Å². The van der Waals surface area contributed by atoms with Gasteiger partial charge in [-0.1, -0.05) is 44.4 Å². The molecule has 1 amide bonds. The molecular formula is C18H27N5OS. The quantitative estimate of drug-likeness (QED) is 0.606. The lowest BCUT2D eigenvalue weighted by Crippen LogP contribution is -2.35. The number of carbonyl (C=O) groups is 1. The van der Waals surface area contributed by atoms with Gasteiger partial charge in [-0.2, -0.15) is 0 Å². The van der Waals surface area contributed by atoms with Gasteiger partial charge in [0, 0.05) is 25.0 Å². The Hall–Kier alpha value is -1.76. The summed E-state index contributed by atoms with van der Waals surface area (Å²) in [5.41, 5.74) is 0. The largest absolute Gasteiger partial charge is 0.353 e. The van der Waals surface area contributed by atoms with E-state index in [0.29, 0.717) is 11.8 Å². The smallest absolute Gasteiger partial charge is 0.236 e. The SMILES string of the molecule is CCCn1c(SCC(=O)NC2CCCCCC2)nnc1-n1cccc1. The molecule has 136 valence electrons. The van der Waals surface area contributed by atoms with E-state index in [-0.39, 0.29) is 5.91 Å². The van der Waals surface area contributed by atoms with Gasteiger partial charge in [0.15, 0.2) is 5.16 Å².